The van der Waals surface area contributed by atoms with E-state index in [2.05, 4.69) is 27.4 Å². The fraction of sp³-hybridized carbons (Fsp3) is 0.213. The predicted octanol–water partition coefficient (Wildman–Crippen LogP) is 6.69. The predicted molar refractivity (Wildman–Crippen MR) is 233 cm³/mol. The first-order valence-electron chi connectivity index (χ1n) is 19.2. The average Bonchev–Trinajstić information content (AvgIpc) is 3.26. The molecular formula is C47H49N5O8. The van der Waals surface area contributed by atoms with Gasteiger partial charge in [-0.1, -0.05) is 61.2 Å². The molecule has 310 valence electrons. The molecule has 13 heteroatoms. The SMILES string of the molecule is C=C1CN(Cc2ccc(C(=O)Nc3ccccc3N)cc2)C(CC(=O)NCCNC(=O)/C(=C/c2ccc(OC)c(O)c2)c2cc(OC)c(OC)c(OC)c2)c2ccccc21. The lowest BCUT2D eigenvalue weighted by molar-refractivity contribution is -0.122. The van der Waals surface area contributed by atoms with Gasteiger partial charge in [0.1, 0.15) is 0 Å². The molecule has 0 saturated heterocycles. The Labute approximate surface area is 349 Å². The number of phenols is 1. The van der Waals surface area contributed by atoms with E-state index in [1.165, 1.54) is 34.5 Å². The molecule has 1 heterocycles. The number of methoxy groups -OCH3 is 4. The first-order valence-corrected chi connectivity index (χ1v) is 19.2. The topological polar surface area (TPSA) is 174 Å². The van der Waals surface area contributed by atoms with E-state index in [0.717, 1.165) is 22.3 Å². The van der Waals surface area contributed by atoms with Crippen molar-refractivity contribution in [3.8, 4) is 28.7 Å². The number of carbonyl (C=O) groups excluding carboxylic acids is 3. The van der Waals surface area contributed by atoms with Gasteiger partial charge in [0.05, 0.1) is 39.8 Å². The number of nitrogens with one attached hydrogen (secondary N) is 3. The Balaban J connectivity index is 1.13. The monoisotopic (exact) mass is 811 g/mol. The van der Waals surface area contributed by atoms with Gasteiger partial charge in [-0.2, -0.15) is 0 Å². The lowest BCUT2D eigenvalue weighted by Crippen LogP contribution is -2.39. The van der Waals surface area contributed by atoms with E-state index in [1.807, 2.05) is 42.5 Å². The van der Waals surface area contributed by atoms with E-state index in [-0.39, 0.29) is 54.4 Å². The number of nitrogens with zero attached hydrogens (tertiary/aromatic N) is 1. The lowest BCUT2D eigenvalue weighted by atomic mass is 9.87. The van der Waals surface area contributed by atoms with Crippen LogP contribution in [-0.4, -0.2) is 75.8 Å². The minimum atomic E-state index is -0.438. The van der Waals surface area contributed by atoms with Gasteiger partial charge in [-0.15, -0.1) is 0 Å². The maximum absolute atomic E-state index is 13.9. The molecule has 0 spiro atoms. The quantitative estimate of drug-likeness (QED) is 0.0313. The van der Waals surface area contributed by atoms with Gasteiger partial charge in [-0.05, 0) is 88.0 Å². The smallest absolute Gasteiger partial charge is 0.255 e. The van der Waals surface area contributed by atoms with Crippen LogP contribution in [0.25, 0.3) is 17.2 Å². The third-order valence-corrected chi connectivity index (χ3v) is 10.2. The van der Waals surface area contributed by atoms with Crippen molar-refractivity contribution in [1.82, 2.24) is 15.5 Å². The van der Waals surface area contributed by atoms with Crippen molar-refractivity contribution in [2.24, 2.45) is 0 Å². The first kappa shape index (κ1) is 42.4. The second-order valence-electron chi connectivity index (χ2n) is 14.1. The molecule has 13 nitrogen and oxygen atoms in total. The van der Waals surface area contributed by atoms with Crippen LogP contribution in [-0.2, 0) is 16.1 Å². The number of hydrogen-bond acceptors (Lipinski definition) is 10. The molecule has 60 heavy (non-hydrogen) atoms. The zero-order valence-corrected chi connectivity index (χ0v) is 34.0. The number of nitrogen functional groups attached to an aromatic ring is 1. The highest BCUT2D eigenvalue weighted by molar-refractivity contribution is 6.24. The molecule has 6 rings (SSSR count). The van der Waals surface area contributed by atoms with E-state index >= 15 is 0 Å². The third-order valence-electron chi connectivity index (χ3n) is 10.2. The summed E-state index contributed by atoms with van der Waals surface area (Å²) in [4.78, 5) is 42.6. The van der Waals surface area contributed by atoms with Crippen LogP contribution in [0.4, 0.5) is 11.4 Å². The van der Waals surface area contributed by atoms with E-state index in [4.69, 9.17) is 24.7 Å². The summed E-state index contributed by atoms with van der Waals surface area (Å²) in [7, 11) is 5.92. The second kappa shape index (κ2) is 19.5. The van der Waals surface area contributed by atoms with Crippen molar-refractivity contribution in [3.05, 3.63) is 143 Å². The number of phenolic OH excluding ortho intramolecular Hbond substituents is 1. The number of benzene rings is 5. The number of ether oxygens (including phenoxy) is 4. The highest BCUT2D eigenvalue weighted by Crippen LogP contribution is 2.41. The molecule has 0 fully saturated rings. The number of aromatic hydroxyl groups is 1. The van der Waals surface area contributed by atoms with Gasteiger partial charge in [0.2, 0.25) is 11.7 Å². The van der Waals surface area contributed by atoms with Crippen LogP contribution in [0.3, 0.4) is 0 Å². The summed E-state index contributed by atoms with van der Waals surface area (Å²) < 4.78 is 21.8. The Hall–Kier alpha value is -7.25. The van der Waals surface area contributed by atoms with Gasteiger partial charge < -0.3 is 45.7 Å². The van der Waals surface area contributed by atoms with E-state index in [0.29, 0.717) is 58.4 Å². The normalized spacial score (nSPS) is 13.8. The van der Waals surface area contributed by atoms with Crippen molar-refractivity contribution in [2.45, 2.75) is 19.0 Å². The number of para-hydroxylation sites is 2. The molecule has 0 radical (unpaired) electrons. The summed E-state index contributed by atoms with van der Waals surface area (Å²) in [5.74, 6) is 0.376. The van der Waals surface area contributed by atoms with Crippen molar-refractivity contribution in [2.75, 3.05) is 59.1 Å². The van der Waals surface area contributed by atoms with Gasteiger partial charge in [0, 0.05) is 49.8 Å². The Morgan fingerprint density at radius 1 is 0.800 bits per heavy atom. The van der Waals surface area contributed by atoms with Crippen molar-refractivity contribution < 1.29 is 38.4 Å². The summed E-state index contributed by atoms with van der Waals surface area (Å²) in [6, 6.07) is 30.3. The summed E-state index contributed by atoms with van der Waals surface area (Å²) in [6.45, 7) is 5.68. The molecule has 0 aliphatic carbocycles. The van der Waals surface area contributed by atoms with Crippen LogP contribution >= 0.6 is 0 Å². The number of hydrogen-bond donors (Lipinski definition) is 5. The van der Waals surface area contributed by atoms with Crippen LogP contribution in [0, 0.1) is 0 Å². The number of carbonyl (C=O) groups is 3. The number of nitrogens with two attached hydrogens (primary N) is 1. The maximum atomic E-state index is 13.9. The van der Waals surface area contributed by atoms with E-state index in [9.17, 15) is 19.5 Å². The van der Waals surface area contributed by atoms with Crippen LogP contribution in [0.1, 0.15) is 50.6 Å². The fourth-order valence-corrected chi connectivity index (χ4v) is 7.15. The van der Waals surface area contributed by atoms with Crippen molar-refractivity contribution in [3.63, 3.8) is 0 Å². The fourth-order valence-electron chi connectivity index (χ4n) is 7.15. The number of rotatable bonds is 16. The second-order valence-corrected chi connectivity index (χ2v) is 14.1. The lowest BCUT2D eigenvalue weighted by Gasteiger charge is -2.38. The maximum Gasteiger partial charge on any atom is 0.255 e. The third kappa shape index (κ3) is 9.88. The number of fused-ring (bicyclic) bond motifs is 1. The molecule has 5 aromatic rings. The Bertz CT molecular complexity index is 2390. The Kier molecular flexibility index (Phi) is 13.7. The minimum absolute atomic E-state index is 0.0881. The molecule has 1 atom stereocenters. The van der Waals surface area contributed by atoms with Gasteiger partial charge in [0.15, 0.2) is 23.0 Å². The van der Waals surface area contributed by atoms with Crippen LogP contribution in [0.15, 0.2) is 110 Å². The molecule has 0 saturated carbocycles. The van der Waals surface area contributed by atoms with Gasteiger partial charge in [-0.3, -0.25) is 19.3 Å². The highest BCUT2D eigenvalue weighted by Gasteiger charge is 2.31. The molecule has 6 N–H and O–H groups in total. The first-order chi connectivity index (χ1) is 29.0. The zero-order valence-electron chi connectivity index (χ0n) is 34.0. The Morgan fingerprint density at radius 2 is 1.47 bits per heavy atom. The molecule has 5 aromatic carbocycles. The molecule has 1 unspecified atom stereocenters. The standard InChI is InChI=1S/C47H49N5O8/c1-29-27-52(28-30-14-17-32(18-15-30)46(55)51-38-13-9-8-12-37(38)48)39(35-11-7-6-10-34(29)35)26-44(54)49-20-21-50-47(56)36(22-31-16-19-41(57-2)40(53)23-31)33-24-42(58-3)45(60-5)43(25-33)59-4/h6-19,22-25,39,53H,1,20-21,26-28,48H2,2-5H3,(H,49,54)(H,50,56)(H,51,55)/b36-22+. The highest BCUT2D eigenvalue weighted by atomic mass is 16.5. The zero-order chi connectivity index (χ0) is 42.8. The molecule has 3 amide bonds. The van der Waals surface area contributed by atoms with E-state index < -0.39 is 5.91 Å². The molecule has 1 aliphatic heterocycles. The minimum Gasteiger partial charge on any atom is -0.504 e. The summed E-state index contributed by atoms with van der Waals surface area (Å²) in [5, 5.41) is 19.2. The van der Waals surface area contributed by atoms with Crippen molar-refractivity contribution >= 4 is 46.3 Å². The van der Waals surface area contributed by atoms with Gasteiger partial charge in [0.25, 0.3) is 11.8 Å². The van der Waals surface area contributed by atoms with Gasteiger partial charge >= 0.3 is 0 Å². The summed E-state index contributed by atoms with van der Waals surface area (Å²) in [5.41, 5.74) is 12.7. The largest absolute Gasteiger partial charge is 0.504 e. The van der Waals surface area contributed by atoms with Crippen LogP contribution in [0.5, 0.6) is 28.7 Å². The average molecular weight is 812 g/mol. The molecule has 0 bridgehead atoms. The summed E-state index contributed by atoms with van der Waals surface area (Å²) in [6.07, 6.45) is 1.79. The van der Waals surface area contributed by atoms with E-state index in [1.54, 1.807) is 60.7 Å². The number of anilines is 2. The van der Waals surface area contributed by atoms with Gasteiger partial charge in [-0.25, -0.2) is 0 Å². The molecular weight excluding hydrogens is 763 g/mol. The Morgan fingerprint density at radius 3 is 2.13 bits per heavy atom. The van der Waals surface area contributed by atoms with Crippen LogP contribution < -0.4 is 40.6 Å². The van der Waals surface area contributed by atoms with Crippen LogP contribution in [0.2, 0.25) is 0 Å². The van der Waals surface area contributed by atoms with Crippen molar-refractivity contribution in [1.29, 1.82) is 0 Å². The molecule has 1 aliphatic rings. The summed E-state index contributed by atoms with van der Waals surface area (Å²) >= 11 is 0. The molecule has 0 aromatic heterocycles. The number of amides is 3.